The Morgan fingerprint density at radius 1 is 1.00 bits per heavy atom. The van der Waals surface area contributed by atoms with Gasteiger partial charge in [-0.3, -0.25) is 0 Å². The fourth-order valence-corrected chi connectivity index (χ4v) is 5.29. The lowest BCUT2D eigenvalue weighted by Crippen LogP contribution is -2.30. The minimum Gasteiger partial charge on any atom is -0.454 e. The molecule has 5 rings (SSSR count). The van der Waals surface area contributed by atoms with E-state index in [2.05, 4.69) is 68.1 Å². The van der Waals surface area contributed by atoms with Gasteiger partial charge in [0.05, 0.1) is 11.1 Å². The molecule has 3 nitrogen and oxygen atoms in total. The highest BCUT2D eigenvalue weighted by atomic mass is 16.3. The van der Waals surface area contributed by atoms with Gasteiger partial charge in [0.15, 0.2) is 11.8 Å². The molecule has 0 N–H and O–H groups in total. The summed E-state index contributed by atoms with van der Waals surface area (Å²) in [6, 6.07) is 15.3. The number of aromatic nitrogens is 1. The molecule has 3 heteroatoms. The van der Waals surface area contributed by atoms with Crippen molar-refractivity contribution in [1.82, 2.24) is 0 Å². The number of rotatable bonds is 2. The summed E-state index contributed by atoms with van der Waals surface area (Å²) in [6.45, 7) is 4.29. The van der Waals surface area contributed by atoms with Crippen LogP contribution in [-0.4, -0.2) is 0 Å². The van der Waals surface area contributed by atoms with E-state index in [0.717, 1.165) is 38.8 Å². The minimum absolute atomic E-state index is 0.470. The van der Waals surface area contributed by atoms with Crippen molar-refractivity contribution in [3.63, 3.8) is 0 Å². The number of nitrogens with zero attached hydrogens (tertiary/aromatic N) is 2. The van der Waals surface area contributed by atoms with Crippen LogP contribution in [0.4, 0.5) is 0 Å². The van der Waals surface area contributed by atoms with Gasteiger partial charge in [-0.05, 0) is 55.4 Å². The molecule has 4 aromatic rings. The SMILES string of the molecule is Cc1ccc2c(oc3c(C#N)c(C4CCCCC4)cc(C)c32)c1-c1cccc[n+]1C. The minimum atomic E-state index is 0.470. The summed E-state index contributed by atoms with van der Waals surface area (Å²) in [5.41, 5.74) is 8.16. The van der Waals surface area contributed by atoms with E-state index in [9.17, 15) is 5.26 Å². The van der Waals surface area contributed by atoms with Crippen LogP contribution in [0.25, 0.3) is 33.2 Å². The van der Waals surface area contributed by atoms with Crippen LogP contribution in [0.1, 0.15) is 60.3 Å². The van der Waals surface area contributed by atoms with E-state index < -0.39 is 0 Å². The molecule has 0 saturated heterocycles. The number of benzene rings is 2. The first-order valence-electron chi connectivity index (χ1n) is 10.9. The van der Waals surface area contributed by atoms with E-state index in [1.807, 2.05) is 6.07 Å². The van der Waals surface area contributed by atoms with Crippen LogP contribution >= 0.6 is 0 Å². The van der Waals surface area contributed by atoms with Crippen molar-refractivity contribution in [1.29, 1.82) is 5.26 Å². The lowest BCUT2D eigenvalue weighted by atomic mass is 9.81. The van der Waals surface area contributed by atoms with Crippen molar-refractivity contribution in [2.75, 3.05) is 0 Å². The average Bonchev–Trinajstić information content (AvgIpc) is 3.15. The topological polar surface area (TPSA) is 40.8 Å². The Morgan fingerprint density at radius 2 is 1.80 bits per heavy atom. The maximum Gasteiger partial charge on any atom is 0.216 e. The zero-order valence-corrected chi connectivity index (χ0v) is 18.0. The fraction of sp³-hybridized carbons (Fsp3) is 0.333. The maximum atomic E-state index is 10.1. The van der Waals surface area contributed by atoms with Crippen molar-refractivity contribution in [3.05, 3.63) is 64.8 Å². The number of hydrogen-bond donors (Lipinski definition) is 0. The van der Waals surface area contributed by atoms with Crippen molar-refractivity contribution < 1.29 is 8.98 Å². The third-order valence-corrected chi connectivity index (χ3v) is 6.82. The Labute approximate surface area is 177 Å². The zero-order valence-electron chi connectivity index (χ0n) is 18.0. The molecule has 0 atom stereocenters. The van der Waals surface area contributed by atoms with E-state index in [1.165, 1.54) is 48.8 Å². The molecule has 2 aromatic carbocycles. The molecular formula is C27H27N2O+. The molecule has 0 unspecified atom stereocenters. The Hall–Kier alpha value is -3.12. The molecule has 30 heavy (non-hydrogen) atoms. The molecule has 2 aromatic heterocycles. The first-order valence-corrected chi connectivity index (χ1v) is 10.9. The molecular weight excluding hydrogens is 368 g/mol. The van der Waals surface area contributed by atoms with Crippen LogP contribution in [0.5, 0.6) is 0 Å². The predicted octanol–water partition coefficient (Wildman–Crippen LogP) is 6.61. The van der Waals surface area contributed by atoms with Crippen LogP contribution < -0.4 is 4.57 Å². The van der Waals surface area contributed by atoms with Gasteiger partial charge in [0.2, 0.25) is 5.69 Å². The summed E-state index contributed by atoms with van der Waals surface area (Å²) in [5.74, 6) is 0.470. The van der Waals surface area contributed by atoms with Gasteiger partial charge in [0, 0.05) is 22.9 Å². The second-order valence-corrected chi connectivity index (χ2v) is 8.74. The Bertz CT molecular complexity index is 1320. The van der Waals surface area contributed by atoms with Crippen LogP contribution in [-0.2, 0) is 7.05 Å². The van der Waals surface area contributed by atoms with Crippen molar-refractivity contribution in [2.24, 2.45) is 7.05 Å². The van der Waals surface area contributed by atoms with Gasteiger partial charge in [-0.2, -0.15) is 5.26 Å². The molecule has 0 aliphatic heterocycles. The molecule has 1 saturated carbocycles. The van der Waals surface area contributed by atoms with E-state index in [1.54, 1.807) is 0 Å². The van der Waals surface area contributed by atoms with Gasteiger partial charge in [0.25, 0.3) is 0 Å². The number of pyridine rings is 1. The Balaban J connectivity index is 1.85. The van der Waals surface area contributed by atoms with Gasteiger partial charge < -0.3 is 4.42 Å². The second kappa shape index (κ2) is 7.29. The van der Waals surface area contributed by atoms with E-state index in [-0.39, 0.29) is 0 Å². The molecule has 150 valence electrons. The highest BCUT2D eigenvalue weighted by Gasteiger charge is 2.26. The molecule has 0 radical (unpaired) electrons. The summed E-state index contributed by atoms with van der Waals surface area (Å²) in [4.78, 5) is 0. The normalized spacial score (nSPS) is 15.0. The van der Waals surface area contributed by atoms with Gasteiger partial charge >= 0.3 is 0 Å². The highest BCUT2D eigenvalue weighted by molar-refractivity contribution is 6.12. The predicted molar refractivity (Wildman–Crippen MR) is 120 cm³/mol. The van der Waals surface area contributed by atoms with Gasteiger partial charge in [0.1, 0.15) is 18.7 Å². The summed E-state index contributed by atoms with van der Waals surface area (Å²) < 4.78 is 8.70. The fourth-order valence-electron chi connectivity index (χ4n) is 5.29. The average molecular weight is 396 g/mol. The number of fused-ring (bicyclic) bond motifs is 3. The molecule has 0 spiro atoms. The van der Waals surface area contributed by atoms with Crippen LogP contribution in [0.2, 0.25) is 0 Å². The maximum absolute atomic E-state index is 10.1. The second-order valence-electron chi connectivity index (χ2n) is 8.74. The number of furan rings is 1. The number of aryl methyl sites for hydroxylation is 3. The Morgan fingerprint density at radius 3 is 2.53 bits per heavy atom. The lowest BCUT2D eigenvalue weighted by Gasteiger charge is -2.23. The van der Waals surface area contributed by atoms with Crippen molar-refractivity contribution in [2.45, 2.75) is 51.9 Å². The Kier molecular flexibility index (Phi) is 4.59. The molecule has 1 fully saturated rings. The van der Waals surface area contributed by atoms with E-state index in [0.29, 0.717) is 5.92 Å². The molecule has 0 amide bonds. The largest absolute Gasteiger partial charge is 0.454 e. The number of nitriles is 1. The highest BCUT2D eigenvalue weighted by Crippen LogP contribution is 2.43. The molecule has 1 aliphatic rings. The first kappa shape index (κ1) is 18.9. The monoisotopic (exact) mass is 395 g/mol. The van der Waals surface area contributed by atoms with E-state index in [4.69, 9.17) is 4.42 Å². The van der Waals surface area contributed by atoms with Crippen molar-refractivity contribution >= 4 is 21.9 Å². The van der Waals surface area contributed by atoms with E-state index >= 15 is 0 Å². The summed E-state index contributed by atoms with van der Waals surface area (Å²) in [6.07, 6.45) is 8.21. The summed E-state index contributed by atoms with van der Waals surface area (Å²) in [7, 11) is 2.06. The summed E-state index contributed by atoms with van der Waals surface area (Å²) >= 11 is 0. The standard InChI is InChI=1S/C27H27N2O/c1-17-12-13-20-24-18(2)15-21(19-9-5-4-6-10-19)22(16-28)27(24)30-26(20)25(17)23-11-7-8-14-29(23)3/h7-8,11-15,19H,4-6,9-10H2,1-3H3/q+1. The van der Waals surface area contributed by atoms with Crippen LogP contribution in [0.3, 0.4) is 0 Å². The van der Waals surface area contributed by atoms with Crippen LogP contribution in [0.15, 0.2) is 47.0 Å². The molecule has 2 heterocycles. The quantitative estimate of drug-likeness (QED) is 0.358. The summed E-state index contributed by atoms with van der Waals surface area (Å²) in [5, 5.41) is 12.3. The van der Waals surface area contributed by atoms with Crippen molar-refractivity contribution in [3.8, 4) is 17.3 Å². The smallest absolute Gasteiger partial charge is 0.216 e. The third kappa shape index (κ3) is 2.82. The van der Waals surface area contributed by atoms with Crippen LogP contribution in [0, 0.1) is 25.2 Å². The van der Waals surface area contributed by atoms with Gasteiger partial charge in [-0.1, -0.05) is 37.5 Å². The first-order chi connectivity index (χ1) is 14.6. The third-order valence-electron chi connectivity index (χ3n) is 6.82. The molecule has 1 aliphatic carbocycles. The lowest BCUT2D eigenvalue weighted by molar-refractivity contribution is -0.660. The van der Waals surface area contributed by atoms with Gasteiger partial charge in [-0.25, -0.2) is 4.57 Å². The van der Waals surface area contributed by atoms with Gasteiger partial charge in [-0.15, -0.1) is 0 Å². The zero-order chi connectivity index (χ0) is 20.8. The molecule has 0 bridgehead atoms. The number of hydrogen-bond acceptors (Lipinski definition) is 2.